The minimum absolute atomic E-state index is 0.263. The lowest BCUT2D eigenvalue weighted by Crippen LogP contribution is -2.44. The number of hydrazone groups is 1. The summed E-state index contributed by atoms with van der Waals surface area (Å²) in [6, 6.07) is 19.5. The molecule has 3 aromatic rings. The minimum atomic E-state index is -0.920. The van der Waals surface area contributed by atoms with Gasteiger partial charge in [0.25, 0.3) is 0 Å². The quantitative estimate of drug-likeness (QED) is 0.410. The van der Waals surface area contributed by atoms with Crippen molar-refractivity contribution in [3.63, 3.8) is 0 Å². The number of fused-ring (bicyclic) bond motifs is 5. The van der Waals surface area contributed by atoms with Crippen LogP contribution in [0.5, 0.6) is 5.75 Å². The molecule has 7 nitrogen and oxygen atoms in total. The zero-order chi connectivity index (χ0) is 24.3. The Kier molecular flexibility index (Phi) is 4.96. The largest absolute Gasteiger partial charge is 0.497 e. The van der Waals surface area contributed by atoms with Crippen molar-refractivity contribution in [3.8, 4) is 5.75 Å². The predicted octanol–water partition coefficient (Wildman–Crippen LogP) is 4.11. The first-order valence-electron chi connectivity index (χ1n) is 11.2. The van der Waals surface area contributed by atoms with E-state index in [4.69, 9.17) is 16.3 Å². The lowest BCUT2D eigenvalue weighted by atomic mass is 9.83. The van der Waals surface area contributed by atoms with Gasteiger partial charge in [-0.3, -0.25) is 19.4 Å². The number of benzene rings is 3. The van der Waals surface area contributed by atoms with Crippen LogP contribution in [0.25, 0.3) is 0 Å². The van der Waals surface area contributed by atoms with E-state index in [2.05, 4.69) is 5.10 Å². The number of imide groups is 1. The van der Waals surface area contributed by atoms with Crippen molar-refractivity contribution in [2.24, 2.45) is 16.9 Å². The molecule has 0 aliphatic carbocycles. The summed E-state index contributed by atoms with van der Waals surface area (Å²) in [5.41, 5.74) is 2.61. The number of ether oxygens (including phenoxy) is 1. The van der Waals surface area contributed by atoms with Gasteiger partial charge in [0.05, 0.1) is 36.9 Å². The Morgan fingerprint density at radius 3 is 2.31 bits per heavy atom. The molecular weight excluding hydrogens is 466 g/mol. The number of hydrogen-bond donors (Lipinski definition) is 0. The van der Waals surface area contributed by atoms with E-state index in [1.54, 1.807) is 66.9 Å². The molecule has 8 heteroatoms. The monoisotopic (exact) mass is 485 g/mol. The van der Waals surface area contributed by atoms with Gasteiger partial charge in [-0.05, 0) is 59.7 Å². The third-order valence-corrected chi connectivity index (χ3v) is 7.27. The summed E-state index contributed by atoms with van der Waals surface area (Å²) >= 11 is 6.02. The number of nitrogens with zero attached hydrogens (tertiary/aromatic N) is 3. The highest BCUT2D eigenvalue weighted by atomic mass is 35.5. The summed E-state index contributed by atoms with van der Waals surface area (Å²) in [4.78, 5) is 42.6. The number of methoxy groups -OCH3 is 1. The molecule has 0 saturated carbocycles. The molecule has 0 unspecified atom stereocenters. The molecule has 2 amide bonds. The molecule has 0 bridgehead atoms. The second kappa shape index (κ2) is 8.06. The summed E-state index contributed by atoms with van der Waals surface area (Å²) in [7, 11) is 1.55. The fourth-order valence-electron chi connectivity index (χ4n) is 5.44. The third kappa shape index (κ3) is 3.19. The number of amides is 2. The van der Waals surface area contributed by atoms with Crippen molar-refractivity contribution < 1.29 is 19.1 Å². The van der Waals surface area contributed by atoms with Crippen LogP contribution in [0.2, 0.25) is 5.02 Å². The van der Waals surface area contributed by atoms with Gasteiger partial charge in [0.1, 0.15) is 11.8 Å². The molecule has 0 radical (unpaired) electrons. The number of carbonyl (C=O) groups excluding carboxylic acids is 3. The van der Waals surface area contributed by atoms with Crippen LogP contribution in [0.4, 0.5) is 5.69 Å². The SMILES string of the molecule is COc1ccc(C(=O)[C@H]2[C@@H]3C(=O)N(c4ccc(Cl)cc4)C(=O)[C@@H]3[C@H]3c4ccccc4C=NN32)cc1. The molecule has 6 rings (SSSR count). The van der Waals surface area contributed by atoms with E-state index < -0.39 is 29.8 Å². The Labute approximate surface area is 206 Å². The normalized spacial score (nSPS) is 24.3. The third-order valence-electron chi connectivity index (χ3n) is 7.02. The van der Waals surface area contributed by atoms with Crippen LogP contribution in [-0.2, 0) is 9.59 Å². The summed E-state index contributed by atoms with van der Waals surface area (Å²) in [6.45, 7) is 0. The van der Waals surface area contributed by atoms with E-state index in [0.29, 0.717) is 22.0 Å². The Hall–Kier alpha value is -3.97. The Balaban J connectivity index is 1.47. The van der Waals surface area contributed by atoms with Crippen LogP contribution in [0.15, 0.2) is 77.9 Å². The molecule has 3 aliphatic rings. The lowest BCUT2D eigenvalue weighted by Gasteiger charge is -2.33. The molecular formula is C27H20ClN3O4. The number of ketones is 1. The van der Waals surface area contributed by atoms with E-state index in [1.807, 2.05) is 24.3 Å². The van der Waals surface area contributed by atoms with Gasteiger partial charge in [0.15, 0.2) is 5.78 Å². The summed E-state index contributed by atoms with van der Waals surface area (Å²) in [5, 5.41) is 6.73. The zero-order valence-corrected chi connectivity index (χ0v) is 19.4. The van der Waals surface area contributed by atoms with Crippen molar-refractivity contribution in [2.75, 3.05) is 12.0 Å². The average molecular weight is 486 g/mol. The maximum Gasteiger partial charge on any atom is 0.240 e. The minimum Gasteiger partial charge on any atom is -0.497 e. The van der Waals surface area contributed by atoms with Crippen LogP contribution >= 0.6 is 11.6 Å². The first-order valence-corrected chi connectivity index (χ1v) is 11.6. The van der Waals surface area contributed by atoms with E-state index in [1.165, 1.54) is 4.90 Å². The molecule has 0 spiro atoms. The molecule has 3 aliphatic heterocycles. The maximum atomic E-state index is 13.8. The van der Waals surface area contributed by atoms with E-state index in [9.17, 15) is 14.4 Å². The van der Waals surface area contributed by atoms with Gasteiger partial charge in [-0.2, -0.15) is 5.10 Å². The highest BCUT2D eigenvalue weighted by molar-refractivity contribution is 6.31. The van der Waals surface area contributed by atoms with E-state index >= 15 is 0 Å². The zero-order valence-electron chi connectivity index (χ0n) is 18.7. The predicted molar refractivity (Wildman–Crippen MR) is 131 cm³/mol. The van der Waals surface area contributed by atoms with Crippen LogP contribution in [0, 0.1) is 11.8 Å². The number of carbonyl (C=O) groups is 3. The molecule has 0 aromatic heterocycles. The van der Waals surface area contributed by atoms with Crippen molar-refractivity contribution in [2.45, 2.75) is 12.1 Å². The molecule has 174 valence electrons. The molecule has 3 heterocycles. The molecule has 2 saturated heterocycles. The molecule has 35 heavy (non-hydrogen) atoms. The summed E-state index contributed by atoms with van der Waals surface area (Å²) < 4.78 is 5.21. The topological polar surface area (TPSA) is 79.3 Å². The van der Waals surface area contributed by atoms with Crippen molar-refractivity contribution in [3.05, 3.63) is 94.5 Å². The average Bonchev–Trinajstić information content (AvgIpc) is 3.37. The smallest absolute Gasteiger partial charge is 0.240 e. The molecule has 4 atom stereocenters. The van der Waals surface area contributed by atoms with E-state index in [-0.39, 0.29) is 11.7 Å². The molecule has 2 fully saturated rings. The van der Waals surface area contributed by atoms with Gasteiger partial charge >= 0.3 is 0 Å². The lowest BCUT2D eigenvalue weighted by molar-refractivity contribution is -0.124. The number of rotatable bonds is 4. The fourth-order valence-corrected chi connectivity index (χ4v) is 5.57. The Morgan fingerprint density at radius 1 is 0.914 bits per heavy atom. The second-order valence-corrected chi connectivity index (χ2v) is 9.21. The summed E-state index contributed by atoms with van der Waals surface area (Å²) in [5.74, 6) is -2.01. The summed E-state index contributed by atoms with van der Waals surface area (Å²) in [6.07, 6.45) is 1.69. The van der Waals surface area contributed by atoms with Crippen LogP contribution in [0.3, 0.4) is 0 Å². The maximum absolute atomic E-state index is 13.8. The fraction of sp³-hybridized carbons (Fsp3) is 0.185. The van der Waals surface area contributed by atoms with E-state index in [0.717, 1.165) is 11.1 Å². The first kappa shape index (κ1) is 21.6. The van der Waals surface area contributed by atoms with Gasteiger partial charge in [-0.1, -0.05) is 35.9 Å². The van der Waals surface area contributed by atoms with Crippen molar-refractivity contribution >= 4 is 41.1 Å². The number of anilines is 1. The Morgan fingerprint density at radius 2 is 1.60 bits per heavy atom. The van der Waals surface area contributed by atoms with Gasteiger partial charge in [-0.15, -0.1) is 0 Å². The Bertz CT molecular complexity index is 1390. The second-order valence-electron chi connectivity index (χ2n) is 8.78. The van der Waals surface area contributed by atoms with Crippen LogP contribution in [-0.4, -0.2) is 42.0 Å². The van der Waals surface area contributed by atoms with Gasteiger partial charge < -0.3 is 4.74 Å². The standard InChI is InChI=1S/C27H20ClN3O4/c1-35-19-12-6-15(7-13-19)25(32)24-22-21(23-20-5-3-2-4-16(20)14-29-31(23)24)26(33)30(27(22)34)18-10-8-17(28)9-11-18/h2-14,21-24H,1H3/t21-,22+,23+,24+/m0/s1. The highest BCUT2D eigenvalue weighted by Gasteiger charge is 2.65. The number of Topliss-reactive ketones (excluding diaryl/α,β-unsaturated/α-hetero) is 1. The highest BCUT2D eigenvalue weighted by Crippen LogP contribution is 2.53. The van der Waals surface area contributed by atoms with Gasteiger partial charge in [0, 0.05) is 10.6 Å². The van der Waals surface area contributed by atoms with Gasteiger partial charge in [0.2, 0.25) is 11.8 Å². The van der Waals surface area contributed by atoms with Crippen molar-refractivity contribution in [1.29, 1.82) is 0 Å². The van der Waals surface area contributed by atoms with Crippen LogP contribution < -0.4 is 9.64 Å². The van der Waals surface area contributed by atoms with Crippen LogP contribution in [0.1, 0.15) is 27.5 Å². The first-order chi connectivity index (χ1) is 17.0. The van der Waals surface area contributed by atoms with Gasteiger partial charge in [-0.25, -0.2) is 4.90 Å². The number of hydrogen-bond acceptors (Lipinski definition) is 6. The number of halogens is 1. The van der Waals surface area contributed by atoms with Crippen molar-refractivity contribution in [1.82, 2.24) is 5.01 Å². The molecule has 0 N–H and O–H groups in total. The molecule has 3 aromatic carbocycles.